The summed E-state index contributed by atoms with van der Waals surface area (Å²) >= 11 is 1.68. The van der Waals surface area contributed by atoms with Gasteiger partial charge in [0.25, 0.3) is 0 Å². The van der Waals surface area contributed by atoms with Crippen molar-refractivity contribution >= 4 is 17.2 Å². The van der Waals surface area contributed by atoms with E-state index in [0.29, 0.717) is 0 Å². The molecule has 84 valence electrons. The molecular weight excluding hydrogens is 218 g/mol. The van der Waals surface area contributed by atoms with Crippen LogP contribution in [0.2, 0.25) is 0 Å². The number of nitrogens with zero attached hydrogens (tertiary/aromatic N) is 2. The third-order valence-corrected chi connectivity index (χ3v) is 3.29. The molecule has 0 saturated carbocycles. The van der Waals surface area contributed by atoms with Crippen LogP contribution in [0.5, 0.6) is 0 Å². The Balaban J connectivity index is 2.26. The summed E-state index contributed by atoms with van der Waals surface area (Å²) in [5.41, 5.74) is 1.23. The van der Waals surface area contributed by atoms with E-state index in [1.54, 1.807) is 17.5 Å². The number of aryl methyl sites for hydroxylation is 1. The molecule has 0 atom stereocenters. The third kappa shape index (κ3) is 2.39. The zero-order valence-corrected chi connectivity index (χ0v) is 10.3. The van der Waals surface area contributed by atoms with Crippen LogP contribution in [0.15, 0.2) is 23.7 Å². The molecule has 2 aromatic rings. The normalized spacial score (nSPS) is 10.4. The Morgan fingerprint density at radius 2 is 2.25 bits per heavy atom. The van der Waals surface area contributed by atoms with Crippen LogP contribution in [0.25, 0.3) is 10.7 Å². The average molecular weight is 233 g/mol. The summed E-state index contributed by atoms with van der Waals surface area (Å²) in [5, 5.41) is 5.34. The molecule has 0 bridgehead atoms. The van der Waals surface area contributed by atoms with E-state index in [1.165, 1.54) is 5.56 Å². The molecule has 0 aliphatic carbocycles. The largest absolute Gasteiger partial charge is 0.370 e. The molecule has 0 radical (unpaired) electrons. The monoisotopic (exact) mass is 233 g/mol. The highest BCUT2D eigenvalue weighted by atomic mass is 32.1. The molecule has 0 spiro atoms. The Kier molecular flexibility index (Phi) is 3.51. The second-order valence-electron chi connectivity index (χ2n) is 3.63. The minimum absolute atomic E-state index is 0.814. The van der Waals surface area contributed by atoms with Crippen LogP contribution in [0, 0.1) is 6.92 Å². The number of thiophene rings is 1. The third-order valence-electron chi connectivity index (χ3n) is 2.28. The van der Waals surface area contributed by atoms with E-state index in [4.69, 9.17) is 0 Å². The molecule has 0 unspecified atom stereocenters. The lowest BCUT2D eigenvalue weighted by molar-refractivity contribution is 0.966. The maximum atomic E-state index is 4.50. The Bertz CT molecular complexity index is 465. The Morgan fingerprint density at radius 1 is 1.38 bits per heavy atom. The summed E-state index contributed by atoms with van der Waals surface area (Å²) in [7, 11) is 0. The number of aromatic nitrogens is 2. The standard InChI is InChI=1S/C12H15N3S/c1-3-6-13-10-4-7-14-12(15-10)11-9(2)5-8-16-11/h4-5,7-8H,3,6H2,1-2H3,(H,13,14,15). The van der Waals surface area contributed by atoms with E-state index < -0.39 is 0 Å². The maximum absolute atomic E-state index is 4.50. The first-order chi connectivity index (χ1) is 7.81. The lowest BCUT2D eigenvalue weighted by Gasteiger charge is -2.04. The number of anilines is 1. The predicted molar refractivity (Wildman–Crippen MR) is 68.9 cm³/mol. The van der Waals surface area contributed by atoms with Crippen LogP contribution in [0.4, 0.5) is 5.82 Å². The second kappa shape index (κ2) is 5.07. The Morgan fingerprint density at radius 3 is 2.94 bits per heavy atom. The topological polar surface area (TPSA) is 37.8 Å². The van der Waals surface area contributed by atoms with E-state index >= 15 is 0 Å². The van der Waals surface area contributed by atoms with Crippen molar-refractivity contribution < 1.29 is 0 Å². The minimum atomic E-state index is 0.814. The van der Waals surface area contributed by atoms with Crippen molar-refractivity contribution in [1.82, 2.24) is 9.97 Å². The van der Waals surface area contributed by atoms with Crippen molar-refractivity contribution in [2.75, 3.05) is 11.9 Å². The summed E-state index contributed by atoms with van der Waals surface area (Å²) in [4.78, 5) is 9.96. The van der Waals surface area contributed by atoms with Crippen molar-refractivity contribution in [3.8, 4) is 10.7 Å². The lowest BCUT2D eigenvalue weighted by Crippen LogP contribution is -2.02. The van der Waals surface area contributed by atoms with E-state index in [1.807, 2.05) is 6.07 Å². The van der Waals surface area contributed by atoms with Crippen molar-refractivity contribution in [1.29, 1.82) is 0 Å². The molecule has 0 saturated heterocycles. The first-order valence-electron chi connectivity index (χ1n) is 5.42. The van der Waals surface area contributed by atoms with Gasteiger partial charge in [-0.05, 0) is 36.4 Å². The van der Waals surface area contributed by atoms with Gasteiger partial charge in [-0.2, -0.15) is 0 Å². The van der Waals surface area contributed by atoms with Crippen LogP contribution >= 0.6 is 11.3 Å². The van der Waals surface area contributed by atoms with E-state index in [2.05, 4.69) is 40.6 Å². The quantitative estimate of drug-likeness (QED) is 0.880. The molecule has 4 heteroatoms. The summed E-state index contributed by atoms with van der Waals surface area (Å²) in [6.45, 7) is 5.17. The second-order valence-corrected chi connectivity index (χ2v) is 4.54. The van der Waals surface area contributed by atoms with Crippen LogP contribution in [-0.4, -0.2) is 16.5 Å². The van der Waals surface area contributed by atoms with Crippen LogP contribution in [0.3, 0.4) is 0 Å². The van der Waals surface area contributed by atoms with E-state index in [0.717, 1.165) is 29.5 Å². The van der Waals surface area contributed by atoms with Gasteiger partial charge in [0.1, 0.15) is 5.82 Å². The van der Waals surface area contributed by atoms with Gasteiger partial charge in [0.2, 0.25) is 0 Å². The molecule has 0 aliphatic rings. The molecule has 0 aromatic carbocycles. The molecule has 2 aromatic heterocycles. The number of hydrogen-bond donors (Lipinski definition) is 1. The molecule has 0 amide bonds. The van der Waals surface area contributed by atoms with Gasteiger partial charge in [-0.25, -0.2) is 9.97 Å². The number of nitrogens with one attached hydrogen (secondary N) is 1. The van der Waals surface area contributed by atoms with Crippen LogP contribution < -0.4 is 5.32 Å². The molecular formula is C12H15N3S. The van der Waals surface area contributed by atoms with Crippen molar-refractivity contribution in [2.24, 2.45) is 0 Å². The molecule has 0 aliphatic heterocycles. The van der Waals surface area contributed by atoms with Gasteiger partial charge in [-0.15, -0.1) is 11.3 Å². The molecule has 2 heterocycles. The van der Waals surface area contributed by atoms with Crippen LogP contribution in [0.1, 0.15) is 18.9 Å². The van der Waals surface area contributed by atoms with E-state index in [-0.39, 0.29) is 0 Å². The summed E-state index contributed by atoms with van der Waals surface area (Å²) in [5.74, 6) is 1.72. The summed E-state index contributed by atoms with van der Waals surface area (Å²) < 4.78 is 0. The van der Waals surface area contributed by atoms with Gasteiger partial charge < -0.3 is 5.32 Å². The lowest BCUT2D eigenvalue weighted by atomic mass is 10.3. The fourth-order valence-electron chi connectivity index (χ4n) is 1.42. The Labute approximate surface area is 99.6 Å². The molecule has 1 N–H and O–H groups in total. The zero-order chi connectivity index (χ0) is 11.4. The summed E-state index contributed by atoms with van der Waals surface area (Å²) in [6, 6.07) is 4.00. The highest BCUT2D eigenvalue weighted by molar-refractivity contribution is 7.13. The first-order valence-corrected chi connectivity index (χ1v) is 6.30. The predicted octanol–water partition coefficient (Wildman–Crippen LogP) is 3.34. The molecule has 2 rings (SSSR count). The molecule has 0 fully saturated rings. The van der Waals surface area contributed by atoms with Crippen molar-refractivity contribution in [3.63, 3.8) is 0 Å². The fourth-order valence-corrected chi connectivity index (χ4v) is 2.29. The van der Waals surface area contributed by atoms with Gasteiger partial charge in [0.05, 0.1) is 4.88 Å². The van der Waals surface area contributed by atoms with Gasteiger partial charge in [-0.3, -0.25) is 0 Å². The zero-order valence-electron chi connectivity index (χ0n) is 9.53. The smallest absolute Gasteiger partial charge is 0.171 e. The maximum Gasteiger partial charge on any atom is 0.171 e. The molecule has 3 nitrogen and oxygen atoms in total. The van der Waals surface area contributed by atoms with Gasteiger partial charge >= 0.3 is 0 Å². The summed E-state index contributed by atoms with van der Waals surface area (Å²) in [6.07, 6.45) is 2.90. The first kappa shape index (κ1) is 11.1. The van der Waals surface area contributed by atoms with Crippen LogP contribution in [-0.2, 0) is 0 Å². The van der Waals surface area contributed by atoms with E-state index in [9.17, 15) is 0 Å². The molecule has 16 heavy (non-hydrogen) atoms. The number of hydrogen-bond acceptors (Lipinski definition) is 4. The fraction of sp³-hybridized carbons (Fsp3) is 0.333. The highest BCUT2D eigenvalue weighted by Crippen LogP contribution is 2.26. The SMILES string of the molecule is CCCNc1ccnc(-c2sccc2C)n1. The van der Waals surface area contributed by atoms with Gasteiger partial charge in [0, 0.05) is 12.7 Å². The Hall–Kier alpha value is -1.42. The minimum Gasteiger partial charge on any atom is -0.370 e. The van der Waals surface area contributed by atoms with Crippen molar-refractivity contribution in [2.45, 2.75) is 20.3 Å². The van der Waals surface area contributed by atoms with Crippen molar-refractivity contribution in [3.05, 3.63) is 29.3 Å². The average Bonchev–Trinajstić information content (AvgIpc) is 2.73. The number of rotatable bonds is 4. The highest BCUT2D eigenvalue weighted by Gasteiger charge is 2.06. The van der Waals surface area contributed by atoms with Gasteiger partial charge in [0.15, 0.2) is 5.82 Å². The van der Waals surface area contributed by atoms with Gasteiger partial charge in [-0.1, -0.05) is 6.92 Å².